The predicted molar refractivity (Wildman–Crippen MR) is 160 cm³/mol. The van der Waals surface area contributed by atoms with E-state index in [2.05, 4.69) is 24.3 Å². The lowest BCUT2D eigenvalue weighted by molar-refractivity contribution is 0.354. The second-order valence-electron chi connectivity index (χ2n) is 10.2. The van der Waals surface area contributed by atoms with E-state index in [0.717, 1.165) is 44.0 Å². The third-order valence-electron chi connectivity index (χ3n) is 7.94. The standard InChI is InChI=1S/C34H24N4O4/c1-40-27-14-12-22(17-28(27)41-2)29-24-13-11-19-7-5-6-10-23(19)31(24)42-34-30(29)33-36-32(37-38(33)18-35-34)25-15-20-8-3-4-9-21(20)16-26(25)39/h3-18,29,39H,1-2H3. The van der Waals surface area contributed by atoms with Crippen LogP contribution in [-0.4, -0.2) is 38.9 Å². The highest BCUT2D eigenvalue weighted by atomic mass is 16.5. The van der Waals surface area contributed by atoms with Gasteiger partial charge in [-0.1, -0.05) is 66.7 Å². The summed E-state index contributed by atoms with van der Waals surface area (Å²) in [6, 6.07) is 29.8. The average molecular weight is 553 g/mol. The van der Waals surface area contributed by atoms with Gasteiger partial charge in [-0.2, -0.15) is 0 Å². The van der Waals surface area contributed by atoms with Crippen molar-refractivity contribution in [2.45, 2.75) is 5.92 Å². The molecule has 5 aromatic carbocycles. The van der Waals surface area contributed by atoms with Gasteiger partial charge in [0, 0.05) is 16.9 Å². The summed E-state index contributed by atoms with van der Waals surface area (Å²) in [5, 5.41) is 19.7. The van der Waals surface area contributed by atoms with Crippen LogP contribution in [0.1, 0.15) is 22.6 Å². The maximum Gasteiger partial charge on any atom is 0.228 e. The first-order chi connectivity index (χ1) is 20.6. The highest BCUT2D eigenvalue weighted by Crippen LogP contribution is 2.51. The topological polar surface area (TPSA) is 91.0 Å². The molecular formula is C34H24N4O4. The number of rotatable bonds is 4. The van der Waals surface area contributed by atoms with E-state index in [9.17, 15) is 5.11 Å². The molecule has 3 heterocycles. The largest absolute Gasteiger partial charge is 0.507 e. The molecule has 1 N–H and O–H groups in total. The van der Waals surface area contributed by atoms with E-state index in [1.54, 1.807) is 31.1 Å². The number of aromatic nitrogens is 4. The maximum atomic E-state index is 10.9. The molecular weight excluding hydrogens is 528 g/mol. The SMILES string of the molecule is COc1ccc(C2c3ccc4ccccc4c3Oc3ncn4nc(-c5cc6ccccc6cc5O)nc4c32)cc1OC. The van der Waals surface area contributed by atoms with E-state index >= 15 is 0 Å². The zero-order valence-corrected chi connectivity index (χ0v) is 22.8. The van der Waals surface area contributed by atoms with Gasteiger partial charge in [-0.15, -0.1) is 5.10 Å². The molecule has 204 valence electrons. The molecule has 0 fully saturated rings. The van der Waals surface area contributed by atoms with Crippen molar-refractivity contribution in [3.05, 3.63) is 114 Å². The summed E-state index contributed by atoms with van der Waals surface area (Å²) < 4.78 is 19.4. The number of aromatic hydroxyl groups is 1. The second-order valence-corrected chi connectivity index (χ2v) is 10.2. The third kappa shape index (κ3) is 3.58. The number of benzene rings is 5. The second kappa shape index (κ2) is 9.21. The van der Waals surface area contributed by atoms with E-state index in [-0.39, 0.29) is 11.7 Å². The van der Waals surface area contributed by atoms with Crippen molar-refractivity contribution in [1.29, 1.82) is 0 Å². The molecule has 0 saturated carbocycles. The molecule has 0 spiro atoms. The third-order valence-corrected chi connectivity index (χ3v) is 7.94. The Kier molecular flexibility index (Phi) is 5.30. The summed E-state index contributed by atoms with van der Waals surface area (Å²) in [5.74, 6) is 2.66. The van der Waals surface area contributed by atoms with Crippen molar-refractivity contribution >= 4 is 27.2 Å². The van der Waals surface area contributed by atoms with Gasteiger partial charge in [-0.05, 0) is 46.0 Å². The summed E-state index contributed by atoms with van der Waals surface area (Å²) in [7, 11) is 3.25. The summed E-state index contributed by atoms with van der Waals surface area (Å²) in [4.78, 5) is 9.67. The monoisotopic (exact) mass is 552 g/mol. The number of methoxy groups -OCH3 is 2. The summed E-state index contributed by atoms with van der Waals surface area (Å²) in [6.45, 7) is 0. The Morgan fingerprint density at radius 1 is 0.810 bits per heavy atom. The number of ether oxygens (including phenoxy) is 3. The number of phenolic OH excluding ortho intramolecular Hbond substituents is 1. The Balaban J connectivity index is 1.39. The average Bonchev–Trinajstić information content (AvgIpc) is 3.47. The fourth-order valence-corrected chi connectivity index (χ4v) is 5.95. The molecule has 1 aliphatic rings. The van der Waals surface area contributed by atoms with Crippen LogP contribution in [0, 0.1) is 0 Å². The molecule has 42 heavy (non-hydrogen) atoms. The quantitative estimate of drug-likeness (QED) is 0.249. The van der Waals surface area contributed by atoms with E-state index in [1.165, 1.54) is 0 Å². The van der Waals surface area contributed by atoms with E-state index < -0.39 is 0 Å². The minimum Gasteiger partial charge on any atom is -0.507 e. The Morgan fingerprint density at radius 3 is 2.38 bits per heavy atom. The number of fused-ring (bicyclic) bond motifs is 7. The molecule has 0 saturated heterocycles. The first-order valence-corrected chi connectivity index (χ1v) is 13.5. The van der Waals surface area contributed by atoms with Gasteiger partial charge in [0.15, 0.2) is 23.0 Å². The highest BCUT2D eigenvalue weighted by Gasteiger charge is 2.35. The normalized spacial score (nSPS) is 14.0. The van der Waals surface area contributed by atoms with Gasteiger partial charge >= 0.3 is 0 Å². The van der Waals surface area contributed by atoms with Crippen LogP contribution in [0.15, 0.2) is 97.3 Å². The van der Waals surface area contributed by atoms with Gasteiger partial charge in [0.1, 0.15) is 17.8 Å². The van der Waals surface area contributed by atoms with E-state index in [4.69, 9.17) is 29.3 Å². The van der Waals surface area contributed by atoms with Crippen LogP contribution in [0.2, 0.25) is 0 Å². The fraction of sp³-hybridized carbons (Fsp3) is 0.0882. The van der Waals surface area contributed by atoms with Crippen molar-refractivity contribution in [2.75, 3.05) is 14.2 Å². The molecule has 1 aliphatic heterocycles. The zero-order valence-electron chi connectivity index (χ0n) is 22.8. The Labute approximate surface area is 240 Å². The number of phenols is 1. The minimum absolute atomic E-state index is 0.107. The summed E-state index contributed by atoms with van der Waals surface area (Å²) >= 11 is 0. The lowest BCUT2D eigenvalue weighted by Crippen LogP contribution is -2.15. The number of hydrogen-bond acceptors (Lipinski definition) is 7. The molecule has 0 radical (unpaired) electrons. The molecule has 8 nitrogen and oxygen atoms in total. The molecule has 0 amide bonds. The molecule has 7 aromatic rings. The molecule has 8 rings (SSSR count). The molecule has 0 bridgehead atoms. The number of nitrogens with zero attached hydrogens (tertiary/aromatic N) is 4. The van der Waals surface area contributed by atoms with Crippen LogP contribution >= 0.6 is 0 Å². The smallest absolute Gasteiger partial charge is 0.228 e. The lowest BCUT2D eigenvalue weighted by Gasteiger charge is -2.29. The van der Waals surface area contributed by atoms with Crippen molar-refractivity contribution in [3.8, 4) is 40.3 Å². The van der Waals surface area contributed by atoms with Crippen molar-refractivity contribution < 1.29 is 19.3 Å². The first kappa shape index (κ1) is 24.2. The van der Waals surface area contributed by atoms with Crippen LogP contribution in [0.4, 0.5) is 0 Å². The van der Waals surface area contributed by atoms with Crippen molar-refractivity contribution in [3.63, 3.8) is 0 Å². The highest BCUT2D eigenvalue weighted by molar-refractivity contribution is 5.92. The maximum absolute atomic E-state index is 10.9. The summed E-state index contributed by atoms with van der Waals surface area (Å²) in [6.07, 6.45) is 1.60. The van der Waals surface area contributed by atoms with Gasteiger partial charge < -0.3 is 19.3 Å². The van der Waals surface area contributed by atoms with Crippen LogP contribution < -0.4 is 14.2 Å². The Morgan fingerprint density at radius 2 is 1.57 bits per heavy atom. The Hall–Kier alpha value is -5.63. The van der Waals surface area contributed by atoms with Crippen LogP contribution in [0.3, 0.4) is 0 Å². The lowest BCUT2D eigenvalue weighted by atomic mass is 9.82. The molecule has 1 atom stereocenters. The van der Waals surface area contributed by atoms with Crippen LogP contribution in [0.25, 0.3) is 38.6 Å². The van der Waals surface area contributed by atoms with Gasteiger partial charge in [-0.3, -0.25) is 0 Å². The van der Waals surface area contributed by atoms with Crippen LogP contribution in [-0.2, 0) is 0 Å². The molecule has 2 aromatic heterocycles. The van der Waals surface area contributed by atoms with Crippen molar-refractivity contribution in [1.82, 2.24) is 19.6 Å². The Bertz CT molecular complexity index is 2190. The van der Waals surface area contributed by atoms with E-state index in [1.807, 2.05) is 60.7 Å². The van der Waals surface area contributed by atoms with Gasteiger partial charge in [0.05, 0.1) is 25.3 Å². The van der Waals surface area contributed by atoms with E-state index in [0.29, 0.717) is 34.4 Å². The summed E-state index contributed by atoms with van der Waals surface area (Å²) in [5.41, 5.74) is 3.83. The minimum atomic E-state index is -0.299. The number of hydrogen-bond donors (Lipinski definition) is 1. The van der Waals surface area contributed by atoms with Crippen LogP contribution in [0.5, 0.6) is 28.9 Å². The molecule has 1 unspecified atom stereocenters. The van der Waals surface area contributed by atoms with Gasteiger partial charge in [0.2, 0.25) is 5.88 Å². The molecule has 0 aliphatic carbocycles. The van der Waals surface area contributed by atoms with Gasteiger partial charge in [-0.25, -0.2) is 14.5 Å². The first-order valence-electron chi connectivity index (χ1n) is 13.5. The molecule has 8 heteroatoms. The zero-order chi connectivity index (χ0) is 28.4. The van der Waals surface area contributed by atoms with Gasteiger partial charge in [0.25, 0.3) is 0 Å². The predicted octanol–water partition coefficient (Wildman–Crippen LogP) is 7.11. The fourth-order valence-electron chi connectivity index (χ4n) is 5.95. The van der Waals surface area contributed by atoms with Crippen molar-refractivity contribution in [2.24, 2.45) is 0 Å².